The highest BCUT2D eigenvalue weighted by Gasteiger charge is 2.34. The molecule has 1 atom stereocenters. The predicted octanol–water partition coefficient (Wildman–Crippen LogP) is 5.50. The maximum Gasteiger partial charge on any atom is 0.244 e. The molecule has 0 saturated heterocycles. The van der Waals surface area contributed by atoms with Gasteiger partial charge in [0.05, 0.1) is 11.9 Å². The van der Waals surface area contributed by atoms with E-state index in [0.717, 1.165) is 59.4 Å². The normalized spacial score (nSPS) is 14.7. The van der Waals surface area contributed by atoms with E-state index in [1.165, 1.54) is 4.90 Å². The molecule has 7 nitrogen and oxygen atoms in total. The molecule has 0 unspecified atom stereocenters. The minimum absolute atomic E-state index is 0.0575. The third-order valence-corrected chi connectivity index (χ3v) is 8.88. The first-order valence-corrected chi connectivity index (χ1v) is 16.3. The van der Waals surface area contributed by atoms with Crippen molar-refractivity contribution in [3.05, 3.63) is 101 Å². The van der Waals surface area contributed by atoms with Crippen LogP contribution in [0.5, 0.6) is 0 Å². The molecule has 2 amide bonds. The van der Waals surface area contributed by atoms with Gasteiger partial charge in [-0.05, 0) is 55.2 Å². The Hall–Kier alpha value is -3.36. The van der Waals surface area contributed by atoms with Crippen molar-refractivity contribution >= 4 is 39.1 Å². The van der Waals surface area contributed by atoms with Crippen LogP contribution in [0.4, 0.5) is 5.69 Å². The molecule has 0 aromatic heterocycles. The molecule has 1 fully saturated rings. The van der Waals surface area contributed by atoms with E-state index in [9.17, 15) is 18.0 Å². The van der Waals surface area contributed by atoms with Crippen molar-refractivity contribution in [3.8, 4) is 0 Å². The summed E-state index contributed by atoms with van der Waals surface area (Å²) >= 11 is 6.12. The first kappa shape index (κ1) is 30.6. The van der Waals surface area contributed by atoms with Crippen molar-refractivity contribution in [2.45, 2.75) is 64.1 Å². The lowest BCUT2D eigenvalue weighted by Crippen LogP contribution is -2.55. The Bertz CT molecular complexity index is 1410. The van der Waals surface area contributed by atoms with Gasteiger partial charge >= 0.3 is 0 Å². The molecule has 218 valence electrons. The van der Waals surface area contributed by atoms with Gasteiger partial charge in [0.1, 0.15) is 12.6 Å². The van der Waals surface area contributed by atoms with Crippen molar-refractivity contribution < 1.29 is 18.0 Å². The van der Waals surface area contributed by atoms with Gasteiger partial charge in [0.25, 0.3) is 0 Å². The molecule has 1 saturated carbocycles. The number of carbonyl (C=O) groups excluding carboxylic acids is 2. The number of sulfonamides is 1. The number of amides is 2. The van der Waals surface area contributed by atoms with E-state index < -0.39 is 28.5 Å². The summed E-state index contributed by atoms with van der Waals surface area (Å²) in [6.07, 6.45) is 6.46. The Morgan fingerprint density at radius 2 is 1.54 bits per heavy atom. The Morgan fingerprint density at radius 3 is 2.15 bits per heavy atom. The largest absolute Gasteiger partial charge is 0.352 e. The number of benzene rings is 3. The number of hydrogen-bond donors (Lipinski definition) is 1. The maximum atomic E-state index is 14.2. The van der Waals surface area contributed by atoms with Crippen LogP contribution < -0.4 is 9.62 Å². The molecule has 41 heavy (non-hydrogen) atoms. The molecule has 1 aliphatic rings. The zero-order valence-corrected chi connectivity index (χ0v) is 25.2. The van der Waals surface area contributed by atoms with Gasteiger partial charge in [0.15, 0.2) is 0 Å². The predicted molar refractivity (Wildman–Crippen MR) is 164 cm³/mol. The fourth-order valence-electron chi connectivity index (χ4n) is 5.21. The van der Waals surface area contributed by atoms with Gasteiger partial charge in [-0.15, -0.1) is 0 Å². The highest BCUT2D eigenvalue weighted by molar-refractivity contribution is 7.92. The minimum atomic E-state index is -3.80. The number of rotatable bonds is 11. The number of aryl methyl sites for hydroxylation is 1. The molecular formula is C32H38ClN3O4S. The molecule has 3 aromatic rings. The summed E-state index contributed by atoms with van der Waals surface area (Å²) in [4.78, 5) is 29.6. The summed E-state index contributed by atoms with van der Waals surface area (Å²) in [6.45, 7) is 1.60. The molecular weight excluding hydrogens is 558 g/mol. The van der Waals surface area contributed by atoms with Crippen LogP contribution in [0.25, 0.3) is 0 Å². The summed E-state index contributed by atoms with van der Waals surface area (Å²) in [5.41, 5.74) is 3.06. The van der Waals surface area contributed by atoms with E-state index in [-0.39, 0.29) is 18.5 Å². The molecule has 0 aliphatic heterocycles. The Balaban J connectivity index is 1.71. The molecule has 9 heteroatoms. The molecule has 0 heterocycles. The standard InChI is InChI=1S/C32H38ClN3O4S/c1-24-13-19-29(20-14-24)36(41(2,39)40)23-31(37)35(22-26-15-17-27(33)18-16-26)30(21-25-9-5-3-6-10-25)32(38)34-28-11-7-4-8-12-28/h3,5-6,9-10,13-20,28,30H,4,7-8,11-12,21-23H2,1-2H3,(H,34,38)/t30-/m1/s1. The number of hydrogen-bond acceptors (Lipinski definition) is 4. The van der Waals surface area contributed by atoms with Gasteiger partial charge in [0.2, 0.25) is 21.8 Å². The second-order valence-corrected chi connectivity index (χ2v) is 13.1. The fraction of sp³-hybridized carbons (Fsp3) is 0.375. The van der Waals surface area contributed by atoms with Crippen molar-refractivity contribution in [2.24, 2.45) is 0 Å². The van der Waals surface area contributed by atoms with E-state index in [4.69, 9.17) is 11.6 Å². The number of nitrogens with zero attached hydrogens (tertiary/aromatic N) is 2. The van der Waals surface area contributed by atoms with Crippen LogP contribution in [-0.2, 0) is 32.6 Å². The quantitative estimate of drug-likeness (QED) is 0.317. The topological polar surface area (TPSA) is 86.8 Å². The number of nitrogens with one attached hydrogen (secondary N) is 1. The first-order valence-electron chi connectivity index (χ1n) is 14.0. The highest BCUT2D eigenvalue weighted by atomic mass is 35.5. The second kappa shape index (κ2) is 14.0. The van der Waals surface area contributed by atoms with Gasteiger partial charge in [-0.3, -0.25) is 13.9 Å². The lowest BCUT2D eigenvalue weighted by molar-refractivity contribution is -0.140. The average Bonchev–Trinajstić information content (AvgIpc) is 2.95. The second-order valence-electron chi connectivity index (χ2n) is 10.8. The van der Waals surface area contributed by atoms with E-state index in [1.807, 2.05) is 49.4 Å². The van der Waals surface area contributed by atoms with Crippen molar-refractivity contribution in [1.29, 1.82) is 0 Å². The maximum absolute atomic E-state index is 14.2. The van der Waals surface area contributed by atoms with E-state index in [0.29, 0.717) is 17.1 Å². The first-order chi connectivity index (χ1) is 19.6. The Morgan fingerprint density at radius 1 is 0.902 bits per heavy atom. The van der Waals surface area contributed by atoms with Crippen molar-refractivity contribution in [1.82, 2.24) is 10.2 Å². The summed E-state index contributed by atoms with van der Waals surface area (Å²) in [7, 11) is -3.80. The van der Waals surface area contributed by atoms with E-state index in [2.05, 4.69) is 5.32 Å². The molecule has 1 aliphatic carbocycles. The van der Waals surface area contributed by atoms with Gasteiger partial charge in [-0.2, -0.15) is 0 Å². The van der Waals surface area contributed by atoms with Gasteiger partial charge in [-0.1, -0.05) is 91.0 Å². The Labute approximate surface area is 248 Å². The smallest absolute Gasteiger partial charge is 0.244 e. The highest BCUT2D eigenvalue weighted by Crippen LogP contribution is 2.23. The van der Waals surface area contributed by atoms with Crippen LogP contribution in [0.2, 0.25) is 5.02 Å². The molecule has 0 spiro atoms. The number of anilines is 1. The third-order valence-electron chi connectivity index (χ3n) is 7.49. The Kier molecular flexibility index (Phi) is 10.5. The fourth-order valence-corrected chi connectivity index (χ4v) is 6.19. The molecule has 4 rings (SSSR count). The molecule has 0 radical (unpaired) electrons. The average molecular weight is 596 g/mol. The monoisotopic (exact) mass is 595 g/mol. The van der Waals surface area contributed by atoms with Crippen molar-refractivity contribution in [2.75, 3.05) is 17.1 Å². The summed E-state index contributed by atoms with van der Waals surface area (Å²) in [5.74, 6) is -0.699. The van der Waals surface area contributed by atoms with E-state index in [1.54, 1.807) is 36.4 Å². The van der Waals surface area contributed by atoms with Crippen LogP contribution >= 0.6 is 11.6 Å². The van der Waals surface area contributed by atoms with Gasteiger partial charge < -0.3 is 10.2 Å². The SMILES string of the molecule is Cc1ccc(N(CC(=O)N(Cc2ccc(Cl)cc2)[C@H](Cc2ccccc2)C(=O)NC2CCCCC2)S(C)(=O)=O)cc1. The zero-order chi connectivity index (χ0) is 29.4. The van der Waals surface area contributed by atoms with Crippen LogP contribution in [0.15, 0.2) is 78.9 Å². The number of carbonyl (C=O) groups is 2. The molecule has 1 N–H and O–H groups in total. The lowest BCUT2D eigenvalue weighted by atomic mass is 9.94. The minimum Gasteiger partial charge on any atom is -0.352 e. The molecule has 3 aromatic carbocycles. The summed E-state index contributed by atoms with van der Waals surface area (Å²) in [5, 5.41) is 3.77. The van der Waals surface area contributed by atoms with Crippen LogP contribution in [0.1, 0.15) is 48.8 Å². The summed E-state index contributed by atoms with van der Waals surface area (Å²) < 4.78 is 26.9. The van der Waals surface area contributed by atoms with Crippen molar-refractivity contribution in [3.63, 3.8) is 0 Å². The summed E-state index contributed by atoms with van der Waals surface area (Å²) in [6, 6.07) is 22.9. The van der Waals surface area contributed by atoms with Crippen LogP contribution in [-0.4, -0.2) is 50.0 Å². The molecule has 0 bridgehead atoms. The zero-order valence-electron chi connectivity index (χ0n) is 23.6. The lowest BCUT2D eigenvalue weighted by Gasteiger charge is -2.35. The van der Waals surface area contributed by atoms with Crippen LogP contribution in [0, 0.1) is 6.92 Å². The number of halogens is 1. The van der Waals surface area contributed by atoms with Crippen LogP contribution in [0.3, 0.4) is 0 Å². The van der Waals surface area contributed by atoms with Gasteiger partial charge in [0, 0.05) is 24.0 Å². The third kappa shape index (κ3) is 8.81. The van der Waals surface area contributed by atoms with Gasteiger partial charge in [-0.25, -0.2) is 8.42 Å². The van der Waals surface area contributed by atoms with E-state index >= 15 is 0 Å².